The molecule has 0 spiro atoms. The predicted molar refractivity (Wildman–Crippen MR) is 71.4 cm³/mol. The van der Waals surface area contributed by atoms with Crippen LogP contribution in [0.25, 0.3) is 0 Å². The van der Waals surface area contributed by atoms with Gasteiger partial charge < -0.3 is 20.5 Å². The van der Waals surface area contributed by atoms with Crippen molar-refractivity contribution >= 4 is 5.91 Å². The second-order valence-corrected chi connectivity index (χ2v) is 4.47. The first-order valence-corrected chi connectivity index (χ1v) is 6.24. The van der Waals surface area contributed by atoms with E-state index in [2.05, 4.69) is 5.32 Å². The highest BCUT2D eigenvalue weighted by Crippen LogP contribution is 1.97. The van der Waals surface area contributed by atoms with Crippen LogP contribution in [0.2, 0.25) is 0 Å². The summed E-state index contributed by atoms with van der Waals surface area (Å²) >= 11 is 0. The Labute approximate surface area is 110 Å². The molecule has 0 aromatic heterocycles. The smallest absolute Gasteiger partial charge is 0.237 e. The van der Waals surface area contributed by atoms with Gasteiger partial charge >= 0.3 is 0 Å². The van der Waals surface area contributed by atoms with Gasteiger partial charge in [0, 0.05) is 40.0 Å². The first-order valence-electron chi connectivity index (χ1n) is 6.24. The van der Waals surface area contributed by atoms with E-state index in [4.69, 9.17) is 15.2 Å². The van der Waals surface area contributed by atoms with Crippen LogP contribution in [0.15, 0.2) is 0 Å². The molecule has 0 heterocycles. The van der Waals surface area contributed by atoms with E-state index in [0.717, 1.165) is 6.42 Å². The van der Waals surface area contributed by atoms with Crippen LogP contribution >= 0.6 is 0 Å². The molecule has 0 aliphatic rings. The van der Waals surface area contributed by atoms with Gasteiger partial charge in [-0.1, -0.05) is 0 Å². The van der Waals surface area contributed by atoms with E-state index in [0.29, 0.717) is 26.3 Å². The summed E-state index contributed by atoms with van der Waals surface area (Å²) in [6.45, 7) is 4.27. The average Bonchev–Trinajstić information content (AvgIpc) is 2.33. The van der Waals surface area contributed by atoms with Gasteiger partial charge in [0.25, 0.3) is 0 Å². The van der Waals surface area contributed by atoms with E-state index in [1.165, 1.54) is 0 Å². The van der Waals surface area contributed by atoms with Crippen molar-refractivity contribution in [3.63, 3.8) is 0 Å². The number of nitrogens with one attached hydrogen (secondary N) is 1. The standard InChI is InChI=1S/C12H27N3O3/c1-10(12(16)14-6-5-7-17-3)15(2)8-11(13)9-18-4/h10-11H,5-9,13H2,1-4H3,(H,14,16). The van der Waals surface area contributed by atoms with Crippen LogP contribution in [0.4, 0.5) is 0 Å². The van der Waals surface area contributed by atoms with Crippen molar-refractivity contribution in [1.82, 2.24) is 10.2 Å². The van der Waals surface area contributed by atoms with Crippen LogP contribution < -0.4 is 11.1 Å². The maximum atomic E-state index is 11.8. The Kier molecular flexibility index (Phi) is 9.86. The monoisotopic (exact) mass is 261 g/mol. The highest BCUT2D eigenvalue weighted by molar-refractivity contribution is 5.81. The molecule has 0 fully saturated rings. The molecule has 0 aliphatic carbocycles. The number of hydrogen-bond acceptors (Lipinski definition) is 5. The van der Waals surface area contributed by atoms with E-state index in [9.17, 15) is 4.79 Å². The van der Waals surface area contributed by atoms with Gasteiger partial charge in [-0.05, 0) is 20.4 Å². The number of hydrogen-bond donors (Lipinski definition) is 2. The fourth-order valence-electron chi connectivity index (χ4n) is 1.57. The van der Waals surface area contributed by atoms with Crippen LogP contribution in [0.3, 0.4) is 0 Å². The van der Waals surface area contributed by atoms with Crippen molar-refractivity contribution in [2.75, 3.05) is 47.6 Å². The highest BCUT2D eigenvalue weighted by Gasteiger charge is 2.19. The molecule has 2 atom stereocenters. The Morgan fingerprint density at radius 3 is 2.61 bits per heavy atom. The molecule has 0 aliphatic heterocycles. The van der Waals surface area contributed by atoms with Gasteiger partial charge in [0.1, 0.15) is 0 Å². The molecule has 0 rings (SSSR count). The fraction of sp³-hybridized carbons (Fsp3) is 0.917. The molecule has 0 saturated heterocycles. The third-order valence-corrected chi connectivity index (χ3v) is 2.77. The largest absolute Gasteiger partial charge is 0.385 e. The predicted octanol–water partition coefficient (Wildman–Crippen LogP) is -0.567. The first kappa shape index (κ1) is 17.3. The Balaban J connectivity index is 3.88. The zero-order valence-electron chi connectivity index (χ0n) is 11.9. The maximum Gasteiger partial charge on any atom is 0.237 e. The summed E-state index contributed by atoms with van der Waals surface area (Å²) in [6.07, 6.45) is 0.821. The zero-order valence-corrected chi connectivity index (χ0v) is 11.9. The number of amides is 1. The molecule has 3 N–H and O–H groups in total. The highest BCUT2D eigenvalue weighted by atomic mass is 16.5. The number of carbonyl (C=O) groups excluding carboxylic acids is 1. The second kappa shape index (κ2) is 10.3. The molecule has 0 saturated carbocycles. The third-order valence-electron chi connectivity index (χ3n) is 2.77. The second-order valence-electron chi connectivity index (χ2n) is 4.47. The fourth-order valence-corrected chi connectivity index (χ4v) is 1.57. The lowest BCUT2D eigenvalue weighted by Crippen LogP contribution is -2.48. The molecule has 0 radical (unpaired) electrons. The molecule has 2 unspecified atom stereocenters. The van der Waals surface area contributed by atoms with Crippen molar-refractivity contribution < 1.29 is 14.3 Å². The lowest BCUT2D eigenvalue weighted by molar-refractivity contribution is -0.125. The minimum Gasteiger partial charge on any atom is -0.385 e. The van der Waals surface area contributed by atoms with Crippen LogP contribution in [0.5, 0.6) is 0 Å². The molecule has 0 aromatic carbocycles. The number of likely N-dealkylation sites (N-methyl/N-ethyl adjacent to an activating group) is 1. The Bertz CT molecular complexity index is 227. The SMILES string of the molecule is COCCCNC(=O)C(C)N(C)CC(N)COC. The van der Waals surface area contributed by atoms with Gasteiger partial charge in [0.2, 0.25) is 5.91 Å². The number of carbonyl (C=O) groups is 1. The van der Waals surface area contributed by atoms with Gasteiger partial charge in [-0.3, -0.25) is 9.69 Å². The van der Waals surface area contributed by atoms with Crippen molar-refractivity contribution in [2.45, 2.75) is 25.4 Å². The summed E-state index contributed by atoms with van der Waals surface area (Å²) in [5.74, 6) is 0.0122. The van der Waals surface area contributed by atoms with E-state index < -0.39 is 0 Å². The normalized spacial score (nSPS) is 14.6. The topological polar surface area (TPSA) is 76.8 Å². The number of ether oxygens (including phenoxy) is 2. The summed E-state index contributed by atoms with van der Waals surface area (Å²) in [7, 11) is 5.15. The molecular formula is C12H27N3O3. The molecule has 18 heavy (non-hydrogen) atoms. The minimum absolute atomic E-state index is 0.0122. The number of rotatable bonds is 10. The Hall–Kier alpha value is -0.690. The van der Waals surface area contributed by atoms with Gasteiger partial charge in [0.15, 0.2) is 0 Å². The summed E-state index contributed by atoms with van der Waals surface area (Å²) in [4.78, 5) is 13.7. The lowest BCUT2D eigenvalue weighted by Gasteiger charge is -2.26. The van der Waals surface area contributed by atoms with Crippen molar-refractivity contribution in [1.29, 1.82) is 0 Å². The van der Waals surface area contributed by atoms with Crippen LogP contribution in [-0.4, -0.2) is 70.5 Å². The van der Waals surface area contributed by atoms with Crippen LogP contribution in [-0.2, 0) is 14.3 Å². The van der Waals surface area contributed by atoms with E-state index in [1.54, 1.807) is 14.2 Å². The minimum atomic E-state index is -0.199. The van der Waals surface area contributed by atoms with Crippen molar-refractivity contribution in [3.8, 4) is 0 Å². The average molecular weight is 261 g/mol. The quantitative estimate of drug-likeness (QED) is 0.515. The summed E-state index contributed by atoms with van der Waals surface area (Å²) in [5, 5.41) is 2.87. The Morgan fingerprint density at radius 2 is 2.06 bits per heavy atom. The molecule has 108 valence electrons. The number of methoxy groups -OCH3 is 2. The van der Waals surface area contributed by atoms with E-state index in [1.807, 2.05) is 18.9 Å². The summed E-state index contributed by atoms with van der Waals surface area (Å²) < 4.78 is 9.89. The van der Waals surface area contributed by atoms with Crippen LogP contribution in [0, 0.1) is 0 Å². The molecule has 6 nitrogen and oxygen atoms in total. The van der Waals surface area contributed by atoms with Gasteiger partial charge in [-0.2, -0.15) is 0 Å². The van der Waals surface area contributed by atoms with Crippen LogP contribution in [0.1, 0.15) is 13.3 Å². The van der Waals surface area contributed by atoms with E-state index >= 15 is 0 Å². The zero-order chi connectivity index (χ0) is 14.0. The summed E-state index contributed by atoms with van der Waals surface area (Å²) in [6, 6.07) is -0.279. The molecule has 0 bridgehead atoms. The van der Waals surface area contributed by atoms with Crippen molar-refractivity contribution in [3.05, 3.63) is 0 Å². The number of nitrogens with zero attached hydrogens (tertiary/aromatic N) is 1. The molecule has 1 amide bonds. The third kappa shape index (κ3) is 7.60. The maximum absolute atomic E-state index is 11.8. The van der Waals surface area contributed by atoms with Gasteiger partial charge in [0.05, 0.1) is 12.6 Å². The molecule has 6 heteroatoms. The Morgan fingerprint density at radius 1 is 1.39 bits per heavy atom. The summed E-state index contributed by atoms with van der Waals surface area (Å²) in [5.41, 5.74) is 5.85. The van der Waals surface area contributed by atoms with Crippen molar-refractivity contribution in [2.24, 2.45) is 5.73 Å². The number of nitrogens with two attached hydrogens (primary N) is 1. The van der Waals surface area contributed by atoms with Gasteiger partial charge in [-0.25, -0.2) is 0 Å². The molecular weight excluding hydrogens is 234 g/mol. The van der Waals surface area contributed by atoms with Gasteiger partial charge in [-0.15, -0.1) is 0 Å². The molecule has 0 aromatic rings. The lowest BCUT2D eigenvalue weighted by atomic mass is 10.2. The first-order chi connectivity index (χ1) is 8.52. The van der Waals surface area contributed by atoms with E-state index in [-0.39, 0.29) is 18.0 Å².